The van der Waals surface area contributed by atoms with Crippen LogP contribution in [0.5, 0.6) is 0 Å². The summed E-state index contributed by atoms with van der Waals surface area (Å²) in [6.07, 6.45) is 2.75. The number of rotatable bonds is 3. The van der Waals surface area contributed by atoms with Crippen molar-refractivity contribution in [3.8, 4) is 11.3 Å². The molecule has 2 aromatic heterocycles. The summed E-state index contributed by atoms with van der Waals surface area (Å²) in [5.41, 5.74) is 9.85. The molecular weight excluding hydrogens is 278 g/mol. The molecular formula is C16H17N5O. The molecule has 1 aromatic carbocycles. The number of ether oxygens (including phenoxy) is 1. The minimum atomic E-state index is 0.331. The smallest absolute Gasteiger partial charge is 0.126 e. The molecule has 1 atom stereocenters. The van der Waals surface area contributed by atoms with Gasteiger partial charge in [-0.25, -0.2) is 4.98 Å². The van der Waals surface area contributed by atoms with Crippen molar-refractivity contribution < 1.29 is 4.74 Å². The van der Waals surface area contributed by atoms with Gasteiger partial charge in [-0.3, -0.25) is 5.10 Å². The minimum Gasteiger partial charge on any atom is -0.384 e. The lowest BCUT2D eigenvalue weighted by Crippen LogP contribution is -2.19. The summed E-state index contributed by atoms with van der Waals surface area (Å²) in [7, 11) is 0. The summed E-state index contributed by atoms with van der Waals surface area (Å²) in [6, 6.07) is 10.3. The standard InChI is InChI=1S/C16H17N5O/c17-16-8-15(19-11-4-6-22-9-11)12-2-1-10(7-14(12)20-16)13-3-5-18-21-13/h1-3,5,7-8,11H,4,6,9H2,(H,18,21)(H3,17,19,20)/t11-/m0/s1. The van der Waals surface area contributed by atoms with Gasteiger partial charge in [0, 0.05) is 35.5 Å². The van der Waals surface area contributed by atoms with Crippen LogP contribution in [0.4, 0.5) is 11.5 Å². The van der Waals surface area contributed by atoms with Crippen molar-refractivity contribution in [2.45, 2.75) is 12.5 Å². The van der Waals surface area contributed by atoms with E-state index in [1.54, 1.807) is 6.20 Å². The first-order chi connectivity index (χ1) is 10.8. The zero-order chi connectivity index (χ0) is 14.9. The number of hydrogen-bond acceptors (Lipinski definition) is 5. The molecule has 0 bridgehead atoms. The van der Waals surface area contributed by atoms with E-state index in [1.807, 2.05) is 18.2 Å². The molecule has 3 heterocycles. The Morgan fingerprint density at radius 1 is 1.27 bits per heavy atom. The van der Waals surface area contributed by atoms with Gasteiger partial charge in [-0.15, -0.1) is 0 Å². The number of fused-ring (bicyclic) bond motifs is 1. The van der Waals surface area contributed by atoms with Crippen LogP contribution in [0.15, 0.2) is 36.5 Å². The van der Waals surface area contributed by atoms with E-state index in [4.69, 9.17) is 10.5 Å². The van der Waals surface area contributed by atoms with E-state index in [9.17, 15) is 0 Å². The van der Waals surface area contributed by atoms with Crippen LogP contribution < -0.4 is 11.1 Å². The van der Waals surface area contributed by atoms with E-state index in [-0.39, 0.29) is 0 Å². The fourth-order valence-corrected chi connectivity index (χ4v) is 2.82. The maximum Gasteiger partial charge on any atom is 0.126 e. The molecule has 1 aliphatic heterocycles. The van der Waals surface area contributed by atoms with Crippen LogP contribution in [0, 0.1) is 0 Å². The van der Waals surface area contributed by atoms with E-state index >= 15 is 0 Å². The van der Waals surface area contributed by atoms with Crippen molar-refractivity contribution in [2.24, 2.45) is 0 Å². The molecule has 0 radical (unpaired) electrons. The van der Waals surface area contributed by atoms with Crippen molar-refractivity contribution >= 4 is 22.4 Å². The van der Waals surface area contributed by atoms with Crippen molar-refractivity contribution in [1.82, 2.24) is 15.2 Å². The second-order valence-corrected chi connectivity index (χ2v) is 5.50. The van der Waals surface area contributed by atoms with E-state index in [0.717, 1.165) is 47.5 Å². The molecule has 3 aromatic rings. The number of hydrogen-bond donors (Lipinski definition) is 3. The highest BCUT2D eigenvalue weighted by Gasteiger charge is 2.17. The second kappa shape index (κ2) is 5.31. The molecule has 6 heteroatoms. The van der Waals surface area contributed by atoms with E-state index < -0.39 is 0 Å². The lowest BCUT2D eigenvalue weighted by atomic mass is 10.1. The number of aromatic amines is 1. The highest BCUT2D eigenvalue weighted by molar-refractivity contribution is 5.95. The van der Waals surface area contributed by atoms with Gasteiger partial charge in [0.15, 0.2) is 0 Å². The minimum absolute atomic E-state index is 0.331. The highest BCUT2D eigenvalue weighted by Crippen LogP contribution is 2.29. The van der Waals surface area contributed by atoms with Gasteiger partial charge in [0.25, 0.3) is 0 Å². The van der Waals surface area contributed by atoms with Gasteiger partial charge in [0.2, 0.25) is 0 Å². The summed E-state index contributed by atoms with van der Waals surface area (Å²) in [6.45, 7) is 1.54. The summed E-state index contributed by atoms with van der Waals surface area (Å²) in [4.78, 5) is 4.45. The molecule has 4 rings (SSSR count). The fourth-order valence-electron chi connectivity index (χ4n) is 2.82. The molecule has 6 nitrogen and oxygen atoms in total. The van der Waals surface area contributed by atoms with Crippen molar-refractivity contribution in [3.63, 3.8) is 0 Å². The Kier molecular flexibility index (Phi) is 3.16. The molecule has 4 N–H and O–H groups in total. The monoisotopic (exact) mass is 295 g/mol. The Bertz CT molecular complexity index is 794. The van der Waals surface area contributed by atoms with Crippen molar-refractivity contribution in [3.05, 3.63) is 36.5 Å². The summed E-state index contributed by atoms with van der Waals surface area (Å²) in [5.74, 6) is 0.510. The first-order valence-corrected chi connectivity index (χ1v) is 7.34. The average Bonchev–Trinajstić information content (AvgIpc) is 3.20. The number of aromatic nitrogens is 3. The molecule has 22 heavy (non-hydrogen) atoms. The SMILES string of the molecule is Nc1cc(N[C@H]2CCOC2)c2ccc(-c3ccn[nH]3)cc2n1. The molecule has 1 saturated heterocycles. The molecule has 0 spiro atoms. The molecule has 0 saturated carbocycles. The lowest BCUT2D eigenvalue weighted by molar-refractivity contribution is 0.195. The predicted molar refractivity (Wildman–Crippen MR) is 86.6 cm³/mol. The number of nitrogen functional groups attached to an aromatic ring is 1. The molecule has 112 valence electrons. The van der Waals surface area contributed by atoms with Gasteiger partial charge in [0.1, 0.15) is 5.82 Å². The first kappa shape index (κ1) is 13.1. The predicted octanol–water partition coefficient (Wildman–Crippen LogP) is 2.41. The van der Waals surface area contributed by atoms with Crippen LogP contribution in [0.1, 0.15) is 6.42 Å². The fraction of sp³-hybridized carbons (Fsp3) is 0.250. The Labute approximate surface area is 127 Å². The topological polar surface area (TPSA) is 88.9 Å². The van der Waals surface area contributed by atoms with Crippen LogP contribution in [0.2, 0.25) is 0 Å². The molecule has 1 aliphatic rings. The van der Waals surface area contributed by atoms with Crippen molar-refractivity contribution in [1.29, 1.82) is 0 Å². The van der Waals surface area contributed by atoms with Gasteiger partial charge >= 0.3 is 0 Å². The summed E-state index contributed by atoms with van der Waals surface area (Å²) in [5, 5.41) is 11.5. The van der Waals surface area contributed by atoms with Gasteiger partial charge in [0.05, 0.1) is 23.9 Å². The number of anilines is 2. The van der Waals surface area contributed by atoms with E-state index in [2.05, 4.69) is 32.6 Å². The Morgan fingerprint density at radius 3 is 3.00 bits per heavy atom. The lowest BCUT2D eigenvalue weighted by Gasteiger charge is -2.15. The number of benzene rings is 1. The van der Waals surface area contributed by atoms with Crippen LogP contribution in [0.25, 0.3) is 22.2 Å². The van der Waals surface area contributed by atoms with Crippen LogP contribution in [-0.2, 0) is 4.74 Å². The van der Waals surface area contributed by atoms with Gasteiger partial charge in [-0.05, 0) is 18.6 Å². The third kappa shape index (κ3) is 2.37. The van der Waals surface area contributed by atoms with E-state index in [0.29, 0.717) is 11.9 Å². The average molecular weight is 295 g/mol. The van der Waals surface area contributed by atoms with Crippen molar-refractivity contribution in [2.75, 3.05) is 24.3 Å². The second-order valence-electron chi connectivity index (χ2n) is 5.50. The maximum atomic E-state index is 5.97. The normalized spacial score (nSPS) is 17.9. The highest BCUT2D eigenvalue weighted by atomic mass is 16.5. The van der Waals surface area contributed by atoms with Gasteiger partial charge < -0.3 is 15.8 Å². The molecule has 0 unspecified atom stereocenters. The third-order valence-electron chi connectivity index (χ3n) is 3.93. The maximum absolute atomic E-state index is 5.97. The Morgan fingerprint density at radius 2 is 2.23 bits per heavy atom. The van der Waals surface area contributed by atoms with Gasteiger partial charge in [-0.2, -0.15) is 5.10 Å². The van der Waals surface area contributed by atoms with Crippen LogP contribution in [0.3, 0.4) is 0 Å². The number of nitrogens with one attached hydrogen (secondary N) is 2. The zero-order valence-corrected chi connectivity index (χ0v) is 12.0. The number of H-pyrrole nitrogens is 1. The van der Waals surface area contributed by atoms with Crippen LogP contribution >= 0.6 is 0 Å². The Hall–Kier alpha value is -2.60. The van der Waals surface area contributed by atoms with E-state index in [1.165, 1.54) is 0 Å². The molecule has 0 aliphatic carbocycles. The zero-order valence-electron chi connectivity index (χ0n) is 12.0. The van der Waals surface area contributed by atoms with Gasteiger partial charge in [-0.1, -0.05) is 12.1 Å². The number of nitrogens with two attached hydrogens (primary N) is 1. The molecule has 0 amide bonds. The third-order valence-corrected chi connectivity index (χ3v) is 3.93. The number of pyridine rings is 1. The van der Waals surface area contributed by atoms with Crippen LogP contribution in [-0.4, -0.2) is 34.4 Å². The summed E-state index contributed by atoms with van der Waals surface area (Å²) < 4.78 is 5.42. The first-order valence-electron chi connectivity index (χ1n) is 7.34. The number of nitrogens with zero attached hydrogens (tertiary/aromatic N) is 2. The Balaban J connectivity index is 1.77. The quantitative estimate of drug-likeness (QED) is 0.690. The summed E-state index contributed by atoms with van der Waals surface area (Å²) >= 11 is 0. The molecule has 1 fully saturated rings. The largest absolute Gasteiger partial charge is 0.384 e.